The highest BCUT2D eigenvalue weighted by Gasteiger charge is 2.20. The second kappa shape index (κ2) is 6.45. The minimum atomic E-state index is -0.926. The molecule has 0 aliphatic carbocycles. The first-order valence-corrected chi connectivity index (χ1v) is 7.32. The van der Waals surface area contributed by atoms with Crippen LogP contribution < -0.4 is 5.73 Å². The molecule has 1 heterocycles. The van der Waals surface area contributed by atoms with Crippen molar-refractivity contribution < 1.29 is 9.50 Å². The molecule has 6 heteroatoms. The van der Waals surface area contributed by atoms with Crippen LogP contribution in [-0.2, 0) is 19.4 Å². The number of nitrogen functional groups attached to an aromatic ring is 1. The Labute approximate surface area is 128 Å². The van der Waals surface area contributed by atoms with Crippen LogP contribution in [0.15, 0.2) is 18.2 Å². The van der Waals surface area contributed by atoms with Gasteiger partial charge in [0.1, 0.15) is 5.82 Å². The van der Waals surface area contributed by atoms with Gasteiger partial charge in [-0.25, -0.2) is 4.39 Å². The van der Waals surface area contributed by atoms with Crippen molar-refractivity contribution in [3.05, 3.63) is 46.0 Å². The van der Waals surface area contributed by atoms with Gasteiger partial charge in [-0.1, -0.05) is 18.5 Å². The molecule has 21 heavy (non-hydrogen) atoms. The lowest BCUT2D eigenvalue weighted by Crippen LogP contribution is -2.10. The largest absolute Gasteiger partial charge is 0.398 e. The number of halogens is 2. The second-order valence-corrected chi connectivity index (χ2v) is 5.25. The third kappa shape index (κ3) is 3.19. The van der Waals surface area contributed by atoms with Crippen LogP contribution in [0.5, 0.6) is 0 Å². The normalized spacial score (nSPS) is 12.6. The van der Waals surface area contributed by atoms with Gasteiger partial charge in [0.05, 0.1) is 22.5 Å². The zero-order valence-corrected chi connectivity index (χ0v) is 12.9. The zero-order chi connectivity index (χ0) is 15.6. The smallest absolute Gasteiger partial charge is 0.123 e. The number of aromatic nitrogens is 2. The van der Waals surface area contributed by atoms with E-state index in [0.717, 1.165) is 17.8 Å². The van der Waals surface area contributed by atoms with E-state index in [9.17, 15) is 9.50 Å². The van der Waals surface area contributed by atoms with Gasteiger partial charge in [0.2, 0.25) is 0 Å². The van der Waals surface area contributed by atoms with E-state index in [-0.39, 0.29) is 6.42 Å². The Morgan fingerprint density at radius 2 is 2.14 bits per heavy atom. The Balaban J connectivity index is 2.33. The Morgan fingerprint density at radius 3 is 2.76 bits per heavy atom. The summed E-state index contributed by atoms with van der Waals surface area (Å²) in [6.45, 7) is 4.58. The van der Waals surface area contributed by atoms with Crippen LogP contribution in [-0.4, -0.2) is 14.9 Å². The van der Waals surface area contributed by atoms with Gasteiger partial charge >= 0.3 is 0 Å². The highest BCUT2D eigenvalue weighted by molar-refractivity contribution is 6.31. The molecule has 1 aromatic heterocycles. The van der Waals surface area contributed by atoms with Crippen molar-refractivity contribution in [3.63, 3.8) is 0 Å². The standard InChI is InChI=1S/C15H19ClFN3O/c1-3-12-15(16)13(20(4-2)19-12)8-14(21)10-7-9(17)5-6-11(10)18/h5-7,14,21H,3-4,8,18H2,1-2H3. The minimum absolute atomic E-state index is 0.243. The van der Waals surface area contributed by atoms with Crippen LogP contribution >= 0.6 is 11.6 Å². The first kappa shape index (κ1) is 15.8. The van der Waals surface area contributed by atoms with Gasteiger partial charge in [0.15, 0.2) is 0 Å². The highest BCUT2D eigenvalue weighted by Crippen LogP contribution is 2.29. The average Bonchev–Trinajstić information content (AvgIpc) is 2.77. The summed E-state index contributed by atoms with van der Waals surface area (Å²) in [5, 5.41) is 15.3. The first-order valence-electron chi connectivity index (χ1n) is 6.94. The van der Waals surface area contributed by atoms with Crippen LogP contribution in [0.4, 0.5) is 10.1 Å². The molecule has 0 aliphatic rings. The summed E-state index contributed by atoms with van der Waals surface area (Å²) in [6.07, 6.45) is 0.0366. The number of benzene rings is 1. The molecule has 2 aromatic rings. The Kier molecular flexibility index (Phi) is 4.85. The van der Waals surface area contributed by atoms with E-state index < -0.39 is 11.9 Å². The number of hydrogen-bond donors (Lipinski definition) is 2. The van der Waals surface area contributed by atoms with Crippen molar-refractivity contribution in [2.45, 2.75) is 39.3 Å². The van der Waals surface area contributed by atoms with Gasteiger partial charge in [-0.2, -0.15) is 5.10 Å². The van der Waals surface area contributed by atoms with Gasteiger partial charge < -0.3 is 10.8 Å². The Morgan fingerprint density at radius 1 is 1.43 bits per heavy atom. The van der Waals surface area contributed by atoms with Gasteiger partial charge in [-0.15, -0.1) is 0 Å². The van der Waals surface area contributed by atoms with Crippen molar-refractivity contribution in [1.29, 1.82) is 0 Å². The van der Waals surface area contributed by atoms with E-state index in [1.54, 1.807) is 4.68 Å². The maximum Gasteiger partial charge on any atom is 0.123 e. The van der Waals surface area contributed by atoms with Crippen LogP contribution in [0.1, 0.15) is 36.9 Å². The molecule has 0 fully saturated rings. The number of nitrogens with zero attached hydrogens (tertiary/aromatic N) is 2. The fraction of sp³-hybridized carbons (Fsp3) is 0.400. The third-order valence-corrected chi connectivity index (χ3v) is 3.92. The SMILES string of the molecule is CCc1nn(CC)c(CC(O)c2cc(F)ccc2N)c1Cl. The Bertz CT molecular complexity index is 642. The summed E-state index contributed by atoms with van der Waals surface area (Å²) < 4.78 is 15.1. The molecule has 2 rings (SSSR count). The van der Waals surface area contributed by atoms with Crippen molar-refractivity contribution >= 4 is 17.3 Å². The number of aliphatic hydroxyl groups is 1. The average molecular weight is 312 g/mol. The number of rotatable bonds is 5. The highest BCUT2D eigenvalue weighted by atomic mass is 35.5. The molecule has 0 spiro atoms. The molecule has 0 saturated heterocycles. The molecule has 1 unspecified atom stereocenters. The van der Waals surface area contributed by atoms with E-state index in [0.29, 0.717) is 22.8 Å². The van der Waals surface area contributed by atoms with Crippen LogP contribution in [0.3, 0.4) is 0 Å². The molecule has 1 atom stereocenters. The zero-order valence-electron chi connectivity index (χ0n) is 12.1. The van der Waals surface area contributed by atoms with Gasteiger partial charge in [-0.3, -0.25) is 4.68 Å². The maximum atomic E-state index is 13.3. The lowest BCUT2D eigenvalue weighted by molar-refractivity contribution is 0.176. The van der Waals surface area contributed by atoms with E-state index in [2.05, 4.69) is 5.10 Å². The van der Waals surface area contributed by atoms with Crippen molar-refractivity contribution in [2.24, 2.45) is 0 Å². The fourth-order valence-corrected chi connectivity index (χ4v) is 2.69. The fourth-order valence-electron chi connectivity index (χ4n) is 2.34. The molecule has 1 aromatic carbocycles. The van der Waals surface area contributed by atoms with Gasteiger partial charge in [-0.05, 0) is 31.5 Å². The van der Waals surface area contributed by atoms with Crippen LogP contribution in [0.2, 0.25) is 5.02 Å². The topological polar surface area (TPSA) is 64.1 Å². The first-order chi connectivity index (χ1) is 9.97. The molecule has 0 radical (unpaired) electrons. The predicted molar refractivity (Wildman–Crippen MR) is 81.8 cm³/mol. The predicted octanol–water partition coefficient (Wildman–Crippen LogP) is 3.12. The number of anilines is 1. The number of hydrogen-bond acceptors (Lipinski definition) is 3. The minimum Gasteiger partial charge on any atom is -0.398 e. The number of aliphatic hydroxyl groups excluding tert-OH is 1. The summed E-state index contributed by atoms with van der Waals surface area (Å²) in [6, 6.07) is 3.97. The van der Waals surface area contributed by atoms with Crippen LogP contribution in [0, 0.1) is 5.82 Å². The summed E-state index contributed by atoms with van der Waals surface area (Å²) in [4.78, 5) is 0. The van der Waals surface area contributed by atoms with E-state index in [4.69, 9.17) is 17.3 Å². The molecule has 0 amide bonds. The molecule has 114 valence electrons. The molecular formula is C15H19ClFN3O. The van der Waals surface area contributed by atoms with E-state index in [1.807, 2.05) is 13.8 Å². The summed E-state index contributed by atoms with van der Waals surface area (Å²) in [7, 11) is 0. The maximum absolute atomic E-state index is 13.3. The summed E-state index contributed by atoms with van der Waals surface area (Å²) in [5.41, 5.74) is 8.07. The lowest BCUT2D eigenvalue weighted by Gasteiger charge is -2.14. The molecule has 0 aliphatic heterocycles. The van der Waals surface area contributed by atoms with E-state index in [1.165, 1.54) is 18.2 Å². The van der Waals surface area contributed by atoms with Crippen LogP contribution in [0.25, 0.3) is 0 Å². The monoisotopic (exact) mass is 311 g/mol. The van der Waals surface area contributed by atoms with Crippen molar-refractivity contribution in [1.82, 2.24) is 9.78 Å². The third-order valence-electron chi connectivity index (χ3n) is 3.49. The molecule has 0 bridgehead atoms. The van der Waals surface area contributed by atoms with Gasteiger partial charge in [0.25, 0.3) is 0 Å². The quantitative estimate of drug-likeness (QED) is 0.834. The van der Waals surface area contributed by atoms with Crippen molar-refractivity contribution in [3.8, 4) is 0 Å². The molecular weight excluding hydrogens is 293 g/mol. The molecule has 0 saturated carbocycles. The number of nitrogens with two attached hydrogens (primary N) is 1. The van der Waals surface area contributed by atoms with Gasteiger partial charge in [0, 0.05) is 24.2 Å². The number of aryl methyl sites for hydroxylation is 2. The lowest BCUT2D eigenvalue weighted by atomic mass is 10.0. The summed E-state index contributed by atoms with van der Waals surface area (Å²) >= 11 is 6.31. The molecule has 4 nitrogen and oxygen atoms in total. The summed E-state index contributed by atoms with van der Waals surface area (Å²) in [5.74, 6) is -0.428. The second-order valence-electron chi connectivity index (χ2n) is 4.87. The van der Waals surface area contributed by atoms with E-state index >= 15 is 0 Å². The Hall–Kier alpha value is -1.59. The van der Waals surface area contributed by atoms with Crippen molar-refractivity contribution in [2.75, 3.05) is 5.73 Å². The molecule has 3 N–H and O–H groups in total.